The molecule has 0 saturated heterocycles. The molecule has 1 aromatic heterocycles. The molecule has 0 fully saturated rings. The molecule has 234 valence electrons. The van der Waals surface area contributed by atoms with E-state index in [0.29, 0.717) is 62.4 Å². The average Bonchev–Trinajstić information content (AvgIpc) is 3.30. The van der Waals surface area contributed by atoms with Crippen molar-refractivity contribution in [2.45, 2.75) is 40.7 Å². The highest BCUT2D eigenvalue weighted by Gasteiger charge is 2.36. The van der Waals surface area contributed by atoms with E-state index < -0.39 is 18.0 Å². The fraction of sp³-hybridized carbons (Fsp3) is 0.375. The van der Waals surface area contributed by atoms with Gasteiger partial charge in [0.25, 0.3) is 5.56 Å². The molecule has 0 saturated carbocycles. The van der Waals surface area contributed by atoms with Gasteiger partial charge in [0.1, 0.15) is 6.04 Å². The van der Waals surface area contributed by atoms with E-state index in [4.69, 9.17) is 28.4 Å². The largest absolute Gasteiger partial charge is 0.493 e. The Morgan fingerprint density at radius 3 is 2.36 bits per heavy atom. The first-order valence-corrected chi connectivity index (χ1v) is 15.1. The number of fused-ring (bicyclic) bond motifs is 1. The number of rotatable bonds is 13. The van der Waals surface area contributed by atoms with Gasteiger partial charge in [-0.25, -0.2) is 14.6 Å². The molecule has 2 heterocycles. The van der Waals surface area contributed by atoms with Crippen molar-refractivity contribution in [2.75, 3.05) is 40.1 Å². The maximum absolute atomic E-state index is 14.1. The highest BCUT2D eigenvalue weighted by Crippen LogP contribution is 2.40. The highest BCUT2D eigenvalue weighted by atomic mass is 32.1. The molecular formula is C32H36N2O9S. The van der Waals surface area contributed by atoms with Gasteiger partial charge in [0, 0.05) is 5.56 Å². The zero-order chi connectivity index (χ0) is 31.8. The monoisotopic (exact) mass is 624 g/mol. The molecule has 44 heavy (non-hydrogen) atoms. The van der Waals surface area contributed by atoms with E-state index >= 15 is 0 Å². The maximum Gasteiger partial charge on any atom is 0.344 e. The van der Waals surface area contributed by atoms with Crippen LogP contribution in [-0.4, -0.2) is 56.6 Å². The van der Waals surface area contributed by atoms with Gasteiger partial charge in [-0.3, -0.25) is 9.36 Å². The number of esters is 2. The highest BCUT2D eigenvalue weighted by molar-refractivity contribution is 7.07. The van der Waals surface area contributed by atoms with Crippen LogP contribution in [0.2, 0.25) is 0 Å². The predicted molar refractivity (Wildman–Crippen MR) is 164 cm³/mol. The lowest BCUT2D eigenvalue weighted by Gasteiger charge is -2.26. The average molecular weight is 625 g/mol. The smallest absolute Gasteiger partial charge is 0.344 e. The number of methoxy groups -OCH3 is 1. The number of ether oxygens (including phenoxy) is 6. The van der Waals surface area contributed by atoms with Crippen molar-refractivity contribution in [1.29, 1.82) is 0 Å². The molecule has 0 amide bonds. The molecule has 1 aliphatic heterocycles. The van der Waals surface area contributed by atoms with Gasteiger partial charge in [0.05, 0.1) is 49.3 Å². The predicted octanol–water partition coefficient (Wildman–Crippen LogP) is 3.55. The number of nitrogens with zero attached hydrogens (tertiary/aromatic N) is 2. The maximum atomic E-state index is 14.1. The third-order valence-electron chi connectivity index (χ3n) is 6.55. The Balaban J connectivity index is 1.87. The molecule has 0 bridgehead atoms. The van der Waals surface area contributed by atoms with Crippen LogP contribution in [-0.2, 0) is 19.1 Å². The summed E-state index contributed by atoms with van der Waals surface area (Å²) in [6.45, 7) is 9.69. The molecule has 4 rings (SSSR count). The van der Waals surface area contributed by atoms with E-state index in [0.717, 1.165) is 0 Å². The van der Waals surface area contributed by atoms with Gasteiger partial charge in [0.2, 0.25) is 0 Å². The molecule has 11 nitrogen and oxygen atoms in total. The van der Waals surface area contributed by atoms with Gasteiger partial charge in [-0.1, -0.05) is 29.5 Å². The van der Waals surface area contributed by atoms with Crippen LogP contribution in [0.5, 0.6) is 23.0 Å². The summed E-state index contributed by atoms with van der Waals surface area (Å²) in [5.74, 6) is 0.615. The van der Waals surface area contributed by atoms with Crippen molar-refractivity contribution >= 4 is 29.4 Å². The molecule has 0 radical (unpaired) electrons. The topological polar surface area (TPSA) is 124 Å². The number of aromatic nitrogens is 1. The third kappa shape index (κ3) is 6.80. The van der Waals surface area contributed by atoms with Crippen LogP contribution in [0.15, 0.2) is 57.5 Å². The minimum Gasteiger partial charge on any atom is -0.493 e. The summed E-state index contributed by atoms with van der Waals surface area (Å²) in [5, 5.41) is 0. The van der Waals surface area contributed by atoms with Crippen LogP contribution < -0.4 is 33.8 Å². The molecule has 2 aromatic carbocycles. The van der Waals surface area contributed by atoms with Gasteiger partial charge in [-0.2, -0.15) is 0 Å². The summed E-state index contributed by atoms with van der Waals surface area (Å²) < 4.78 is 35.1. The van der Waals surface area contributed by atoms with Crippen LogP contribution in [0.25, 0.3) is 6.08 Å². The molecule has 0 unspecified atom stereocenters. The number of hydrogen-bond donors (Lipinski definition) is 0. The lowest BCUT2D eigenvalue weighted by atomic mass is 9.94. The summed E-state index contributed by atoms with van der Waals surface area (Å²) in [6.07, 6.45) is 1.72. The van der Waals surface area contributed by atoms with Gasteiger partial charge in [-0.05, 0) is 64.5 Å². The van der Waals surface area contributed by atoms with E-state index in [1.807, 2.05) is 13.8 Å². The number of thiazole rings is 1. The summed E-state index contributed by atoms with van der Waals surface area (Å²) in [6, 6.07) is 9.62. The van der Waals surface area contributed by atoms with Crippen LogP contribution >= 0.6 is 11.3 Å². The second-order valence-electron chi connectivity index (χ2n) is 9.35. The number of carbonyl (C=O) groups is 2. The number of para-hydroxylation sites is 1. The zero-order valence-electron chi connectivity index (χ0n) is 25.6. The van der Waals surface area contributed by atoms with Crippen molar-refractivity contribution in [2.24, 2.45) is 4.99 Å². The van der Waals surface area contributed by atoms with E-state index in [-0.39, 0.29) is 31.0 Å². The lowest BCUT2D eigenvalue weighted by Crippen LogP contribution is -2.40. The lowest BCUT2D eigenvalue weighted by molar-refractivity contribution is -0.145. The van der Waals surface area contributed by atoms with Crippen molar-refractivity contribution in [1.82, 2.24) is 4.57 Å². The number of hydrogen-bond acceptors (Lipinski definition) is 11. The molecule has 1 aliphatic rings. The summed E-state index contributed by atoms with van der Waals surface area (Å²) in [4.78, 5) is 44.3. The van der Waals surface area contributed by atoms with E-state index in [9.17, 15) is 14.4 Å². The third-order valence-corrected chi connectivity index (χ3v) is 7.53. The summed E-state index contributed by atoms with van der Waals surface area (Å²) >= 11 is 1.19. The Bertz CT molecular complexity index is 1740. The van der Waals surface area contributed by atoms with E-state index in [2.05, 4.69) is 4.99 Å². The second kappa shape index (κ2) is 14.7. The van der Waals surface area contributed by atoms with Gasteiger partial charge < -0.3 is 28.4 Å². The molecule has 0 spiro atoms. The number of benzene rings is 2. The van der Waals surface area contributed by atoms with Crippen molar-refractivity contribution in [3.8, 4) is 23.0 Å². The van der Waals surface area contributed by atoms with E-state index in [1.165, 1.54) is 23.0 Å². The summed E-state index contributed by atoms with van der Waals surface area (Å²) in [5.41, 5.74) is 1.56. The van der Waals surface area contributed by atoms with Crippen molar-refractivity contribution < 1.29 is 38.0 Å². The standard InChI is InChI=1S/C32H36N2O9S/c1-7-39-24-16-20(14-15-22(24)43-18-26(35)40-8-2)17-25-30(36)34-28(21-12-11-13-23(38-6)29(21)41-9-3)27(31(37)42-10-4)19(5)33-32(34)44-25/h11-17,28H,7-10,18H2,1-6H3/b25-17+/t28-/m0/s1. The first kappa shape index (κ1) is 32.3. The quantitative estimate of drug-likeness (QED) is 0.263. The molecule has 12 heteroatoms. The molecular weight excluding hydrogens is 588 g/mol. The summed E-state index contributed by atoms with van der Waals surface area (Å²) in [7, 11) is 1.53. The van der Waals surface area contributed by atoms with Crippen molar-refractivity contribution in [3.63, 3.8) is 0 Å². The zero-order valence-corrected chi connectivity index (χ0v) is 26.4. The Hall–Kier alpha value is -4.58. The Morgan fingerprint density at radius 1 is 0.932 bits per heavy atom. The molecule has 3 aromatic rings. The Kier molecular flexibility index (Phi) is 10.8. The minimum absolute atomic E-state index is 0.158. The van der Waals surface area contributed by atoms with Crippen LogP contribution in [0.3, 0.4) is 0 Å². The molecule has 1 atom stereocenters. The fourth-order valence-electron chi connectivity index (χ4n) is 4.79. The molecule has 0 N–H and O–H groups in total. The van der Waals surface area contributed by atoms with Crippen LogP contribution in [0, 0.1) is 0 Å². The number of allylic oxidation sites excluding steroid dienone is 1. The van der Waals surface area contributed by atoms with Crippen molar-refractivity contribution in [3.05, 3.63) is 78.5 Å². The molecule has 0 aliphatic carbocycles. The van der Waals surface area contributed by atoms with Gasteiger partial charge >= 0.3 is 11.9 Å². The normalized spacial score (nSPS) is 14.4. The Labute approximate surface area is 258 Å². The van der Waals surface area contributed by atoms with Gasteiger partial charge in [0.15, 0.2) is 34.4 Å². The van der Waals surface area contributed by atoms with Gasteiger partial charge in [-0.15, -0.1) is 0 Å². The first-order chi connectivity index (χ1) is 21.3. The first-order valence-electron chi connectivity index (χ1n) is 14.3. The van der Waals surface area contributed by atoms with Crippen LogP contribution in [0.1, 0.15) is 51.8 Å². The minimum atomic E-state index is -0.873. The SMILES string of the molecule is CCOC(=O)COc1ccc(/C=c2/sc3n(c2=O)[C@@H](c2cccc(OC)c2OCC)C(C(=O)OCC)=C(C)N=3)cc1OCC. The fourth-order valence-corrected chi connectivity index (χ4v) is 5.83. The van der Waals surface area contributed by atoms with Crippen LogP contribution in [0.4, 0.5) is 0 Å². The second-order valence-corrected chi connectivity index (χ2v) is 10.4. The van der Waals surface area contributed by atoms with E-state index in [1.54, 1.807) is 63.2 Å². The Morgan fingerprint density at radius 2 is 1.68 bits per heavy atom. The number of carbonyl (C=O) groups excluding carboxylic acids is 2.